The normalized spacial score (nSPS) is 10.8. The van der Waals surface area contributed by atoms with Crippen LogP contribution >= 0.6 is 0 Å². The Morgan fingerprint density at radius 3 is 2.73 bits per heavy atom. The van der Waals surface area contributed by atoms with Crippen molar-refractivity contribution in [2.45, 2.75) is 20.4 Å². The molecule has 0 amide bonds. The van der Waals surface area contributed by atoms with Crippen LogP contribution in [0.25, 0.3) is 10.9 Å². The van der Waals surface area contributed by atoms with Crippen molar-refractivity contribution in [1.29, 1.82) is 0 Å². The summed E-state index contributed by atoms with van der Waals surface area (Å²) in [6, 6.07) is 7.00. The second-order valence-electron chi connectivity index (χ2n) is 3.57. The molecule has 0 atom stereocenters. The van der Waals surface area contributed by atoms with Gasteiger partial charge in [-0.1, -0.05) is 0 Å². The molecule has 0 spiro atoms. The lowest BCUT2D eigenvalue weighted by Gasteiger charge is -2.04. The zero-order chi connectivity index (χ0) is 11.0. The number of hydrogen-bond acceptors (Lipinski definition) is 2. The number of nitrogens with zero attached hydrogens (tertiary/aromatic N) is 1. The molecule has 0 saturated heterocycles. The van der Waals surface area contributed by atoms with E-state index < -0.39 is 0 Å². The second-order valence-corrected chi connectivity index (χ2v) is 3.57. The fraction of sp³-hybridized carbons (Fsp3) is 0.250. The van der Waals surface area contributed by atoms with Crippen LogP contribution in [0.1, 0.15) is 24.3 Å². The minimum absolute atomic E-state index is 0.0486. The Morgan fingerprint density at radius 1 is 1.40 bits per heavy atom. The van der Waals surface area contributed by atoms with Gasteiger partial charge in [0.05, 0.1) is 11.2 Å². The summed E-state index contributed by atoms with van der Waals surface area (Å²) in [7, 11) is 0. The number of aryl methyl sites for hydroxylation is 1. The molecule has 2 aromatic rings. The third kappa shape index (κ3) is 1.50. The molecule has 0 aliphatic heterocycles. The van der Waals surface area contributed by atoms with Crippen molar-refractivity contribution in [2.75, 3.05) is 0 Å². The Balaban J connectivity index is 2.79. The average Bonchev–Trinajstić information content (AvgIpc) is 2.55. The maximum atomic E-state index is 11.4. The minimum Gasteiger partial charge on any atom is -0.508 e. The van der Waals surface area contributed by atoms with Crippen LogP contribution < -0.4 is 0 Å². The molecule has 1 N–H and O–H groups in total. The van der Waals surface area contributed by atoms with Crippen molar-refractivity contribution in [1.82, 2.24) is 4.57 Å². The van der Waals surface area contributed by atoms with Gasteiger partial charge in [-0.2, -0.15) is 0 Å². The van der Waals surface area contributed by atoms with E-state index in [4.69, 9.17) is 0 Å². The molecule has 0 aliphatic carbocycles. The summed E-state index contributed by atoms with van der Waals surface area (Å²) in [6.45, 7) is 4.26. The highest BCUT2D eigenvalue weighted by Crippen LogP contribution is 2.24. The number of fused-ring (bicyclic) bond motifs is 1. The number of hydrogen-bond donors (Lipinski definition) is 1. The maximum absolute atomic E-state index is 11.4. The highest BCUT2D eigenvalue weighted by atomic mass is 16.3. The summed E-state index contributed by atoms with van der Waals surface area (Å²) in [5, 5.41) is 10.4. The molecule has 78 valence electrons. The van der Waals surface area contributed by atoms with Crippen molar-refractivity contribution >= 4 is 16.7 Å². The smallest absolute Gasteiger partial charge is 0.176 e. The predicted octanol–water partition coefficient (Wildman–Crippen LogP) is 2.57. The van der Waals surface area contributed by atoms with Crippen LogP contribution in [-0.4, -0.2) is 15.5 Å². The van der Waals surface area contributed by atoms with Crippen LogP contribution in [0.4, 0.5) is 0 Å². The van der Waals surface area contributed by atoms with E-state index in [-0.39, 0.29) is 11.5 Å². The number of rotatable bonds is 2. The Labute approximate surface area is 87.9 Å². The third-order valence-electron chi connectivity index (χ3n) is 2.56. The Kier molecular flexibility index (Phi) is 2.23. The summed E-state index contributed by atoms with van der Waals surface area (Å²) < 4.78 is 1.91. The molecule has 0 fully saturated rings. The van der Waals surface area contributed by atoms with E-state index in [1.165, 1.54) is 0 Å². The molecule has 0 saturated carbocycles. The molecule has 1 aromatic carbocycles. The number of ketones is 1. The van der Waals surface area contributed by atoms with E-state index in [0.717, 1.165) is 17.4 Å². The largest absolute Gasteiger partial charge is 0.508 e. The standard InChI is InChI=1S/C12H13NO2/c1-3-13-11(8(2)14)6-9-4-5-10(15)7-12(9)13/h4-7,15H,3H2,1-2H3. The molecule has 1 aromatic heterocycles. The summed E-state index contributed by atoms with van der Waals surface area (Å²) in [6.07, 6.45) is 0. The molecular weight excluding hydrogens is 190 g/mol. The zero-order valence-electron chi connectivity index (χ0n) is 8.82. The quantitative estimate of drug-likeness (QED) is 0.762. The number of phenols is 1. The fourth-order valence-corrected chi connectivity index (χ4v) is 1.88. The lowest BCUT2D eigenvalue weighted by molar-refractivity contribution is 0.100. The third-order valence-corrected chi connectivity index (χ3v) is 2.56. The number of phenolic OH excluding ortho intramolecular Hbond substituents is 1. The first-order valence-electron chi connectivity index (χ1n) is 4.96. The van der Waals surface area contributed by atoms with Crippen molar-refractivity contribution in [3.63, 3.8) is 0 Å². The van der Waals surface area contributed by atoms with Gasteiger partial charge in [0.1, 0.15) is 5.75 Å². The van der Waals surface area contributed by atoms with Gasteiger partial charge >= 0.3 is 0 Å². The first-order chi connectivity index (χ1) is 7.13. The van der Waals surface area contributed by atoms with E-state index in [0.29, 0.717) is 5.69 Å². The average molecular weight is 203 g/mol. The molecule has 0 bridgehead atoms. The highest BCUT2D eigenvalue weighted by molar-refractivity contribution is 5.98. The van der Waals surface area contributed by atoms with Gasteiger partial charge in [0.15, 0.2) is 5.78 Å². The summed E-state index contributed by atoms with van der Waals surface area (Å²) in [5.74, 6) is 0.276. The summed E-state index contributed by atoms with van der Waals surface area (Å²) in [4.78, 5) is 11.4. The van der Waals surface area contributed by atoms with Gasteiger partial charge in [-0.25, -0.2) is 0 Å². The monoisotopic (exact) mass is 203 g/mol. The molecule has 0 radical (unpaired) electrons. The van der Waals surface area contributed by atoms with Crippen LogP contribution in [0.3, 0.4) is 0 Å². The molecule has 3 heteroatoms. The first-order valence-corrected chi connectivity index (χ1v) is 4.96. The van der Waals surface area contributed by atoms with E-state index in [1.807, 2.05) is 23.6 Å². The second kappa shape index (κ2) is 3.42. The molecule has 3 nitrogen and oxygen atoms in total. The minimum atomic E-state index is 0.0486. The molecule has 0 unspecified atom stereocenters. The summed E-state index contributed by atoms with van der Waals surface area (Å²) >= 11 is 0. The Morgan fingerprint density at radius 2 is 2.13 bits per heavy atom. The number of aromatic hydroxyl groups is 1. The fourth-order valence-electron chi connectivity index (χ4n) is 1.88. The van der Waals surface area contributed by atoms with Gasteiger partial charge in [-0.05, 0) is 25.1 Å². The Bertz CT molecular complexity index is 526. The molecule has 2 rings (SSSR count). The van der Waals surface area contributed by atoms with Crippen molar-refractivity contribution in [3.8, 4) is 5.75 Å². The predicted molar refractivity (Wildman–Crippen MR) is 59.3 cm³/mol. The van der Waals surface area contributed by atoms with Gasteiger partial charge in [0.25, 0.3) is 0 Å². The number of Topliss-reactive ketones (excluding diaryl/α,β-unsaturated/α-hetero) is 1. The topological polar surface area (TPSA) is 42.2 Å². The van der Waals surface area contributed by atoms with Crippen LogP contribution in [0.2, 0.25) is 0 Å². The van der Waals surface area contributed by atoms with Gasteiger partial charge in [0.2, 0.25) is 0 Å². The van der Waals surface area contributed by atoms with Crippen LogP contribution in [0.5, 0.6) is 5.75 Å². The number of aromatic nitrogens is 1. The van der Waals surface area contributed by atoms with Crippen LogP contribution in [0, 0.1) is 0 Å². The highest BCUT2D eigenvalue weighted by Gasteiger charge is 2.10. The van der Waals surface area contributed by atoms with Crippen LogP contribution in [-0.2, 0) is 6.54 Å². The van der Waals surface area contributed by atoms with Gasteiger partial charge in [0, 0.05) is 24.9 Å². The van der Waals surface area contributed by atoms with E-state index in [9.17, 15) is 9.90 Å². The lowest BCUT2D eigenvalue weighted by Crippen LogP contribution is -2.04. The van der Waals surface area contributed by atoms with Crippen molar-refractivity contribution in [3.05, 3.63) is 30.0 Å². The van der Waals surface area contributed by atoms with Crippen molar-refractivity contribution < 1.29 is 9.90 Å². The van der Waals surface area contributed by atoms with E-state index in [2.05, 4.69) is 0 Å². The Hall–Kier alpha value is -1.77. The van der Waals surface area contributed by atoms with Gasteiger partial charge in [-0.3, -0.25) is 4.79 Å². The number of carbonyl (C=O) groups is 1. The molecule has 15 heavy (non-hydrogen) atoms. The molecule has 0 aliphatic rings. The van der Waals surface area contributed by atoms with E-state index >= 15 is 0 Å². The number of benzene rings is 1. The van der Waals surface area contributed by atoms with Crippen LogP contribution in [0.15, 0.2) is 24.3 Å². The SMILES string of the molecule is CCn1c(C(C)=O)cc2ccc(O)cc21. The van der Waals surface area contributed by atoms with Gasteiger partial charge in [-0.15, -0.1) is 0 Å². The summed E-state index contributed by atoms with van der Waals surface area (Å²) in [5.41, 5.74) is 1.60. The van der Waals surface area contributed by atoms with Crippen molar-refractivity contribution in [2.24, 2.45) is 0 Å². The molecular formula is C12H13NO2. The first kappa shape index (κ1) is 9.77. The molecule has 1 heterocycles. The maximum Gasteiger partial charge on any atom is 0.176 e. The lowest BCUT2D eigenvalue weighted by atomic mass is 10.2. The van der Waals surface area contributed by atoms with E-state index in [1.54, 1.807) is 19.1 Å². The zero-order valence-corrected chi connectivity index (χ0v) is 8.82. The van der Waals surface area contributed by atoms with Gasteiger partial charge < -0.3 is 9.67 Å². The number of carbonyl (C=O) groups excluding carboxylic acids is 1.